The van der Waals surface area contributed by atoms with Crippen LogP contribution in [0.3, 0.4) is 0 Å². The van der Waals surface area contributed by atoms with Gasteiger partial charge in [0.2, 0.25) is 0 Å². The van der Waals surface area contributed by atoms with Crippen LogP contribution in [0.1, 0.15) is 68.9 Å². The third kappa shape index (κ3) is 4.17. The van der Waals surface area contributed by atoms with E-state index < -0.39 is 0 Å². The number of aryl methyl sites for hydroxylation is 1. The number of carbonyl (C=O) groups is 1. The summed E-state index contributed by atoms with van der Waals surface area (Å²) >= 11 is 0. The van der Waals surface area contributed by atoms with Crippen molar-refractivity contribution < 1.29 is 14.1 Å². The molecule has 1 aromatic rings. The molecule has 0 amide bonds. The summed E-state index contributed by atoms with van der Waals surface area (Å²) in [5, 5.41) is 3.79. The molecular weight excluding hydrogens is 230 g/mol. The van der Waals surface area contributed by atoms with E-state index in [1.165, 1.54) is 19.1 Å². The molecule has 1 aromatic heterocycles. The molecule has 102 valence electrons. The number of ether oxygens (including phenoxy) is 1. The fraction of sp³-hybridized carbons (Fsp3) is 0.714. The average molecular weight is 253 g/mol. The van der Waals surface area contributed by atoms with E-state index in [-0.39, 0.29) is 12.1 Å². The smallest absolute Gasteiger partial charge is 0.343 e. The van der Waals surface area contributed by atoms with E-state index in [1.807, 2.05) is 13.8 Å². The molecular formula is C14H23NO3. The molecule has 0 bridgehead atoms. The van der Waals surface area contributed by atoms with Gasteiger partial charge < -0.3 is 9.26 Å². The predicted molar refractivity (Wildman–Crippen MR) is 69.5 cm³/mol. The van der Waals surface area contributed by atoms with Gasteiger partial charge >= 0.3 is 5.97 Å². The van der Waals surface area contributed by atoms with Gasteiger partial charge in [-0.25, -0.2) is 4.79 Å². The highest BCUT2D eigenvalue weighted by Gasteiger charge is 2.19. The molecule has 1 unspecified atom stereocenters. The summed E-state index contributed by atoms with van der Waals surface area (Å²) in [5.41, 5.74) is 1.13. The molecule has 0 radical (unpaired) electrons. The highest BCUT2D eigenvalue weighted by molar-refractivity contribution is 5.90. The van der Waals surface area contributed by atoms with Gasteiger partial charge in [0.1, 0.15) is 17.9 Å². The zero-order valence-electron chi connectivity index (χ0n) is 11.6. The standard InChI is InChI=1S/C14H23NO3/c1-4-7-8-9-11(5-2)18-14(16)12-10-17-15-13(12)6-3/h10-11H,4-9H2,1-3H3. The van der Waals surface area contributed by atoms with Crippen molar-refractivity contribution >= 4 is 5.97 Å². The number of rotatable bonds is 8. The molecule has 0 fully saturated rings. The van der Waals surface area contributed by atoms with Crippen molar-refractivity contribution in [3.05, 3.63) is 17.5 Å². The predicted octanol–water partition coefficient (Wildman–Crippen LogP) is 3.75. The van der Waals surface area contributed by atoms with Crippen LogP contribution < -0.4 is 0 Å². The zero-order chi connectivity index (χ0) is 13.4. The molecule has 0 N–H and O–H groups in total. The average Bonchev–Trinajstić information content (AvgIpc) is 2.86. The summed E-state index contributed by atoms with van der Waals surface area (Å²) in [6, 6.07) is 0. The maximum absolute atomic E-state index is 12.0. The fourth-order valence-corrected chi connectivity index (χ4v) is 1.86. The van der Waals surface area contributed by atoms with Gasteiger partial charge in [-0.3, -0.25) is 0 Å². The summed E-state index contributed by atoms with van der Waals surface area (Å²) < 4.78 is 10.3. The second-order valence-electron chi connectivity index (χ2n) is 4.46. The van der Waals surface area contributed by atoms with E-state index in [4.69, 9.17) is 9.26 Å². The molecule has 18 heavy (non-hydrogen) atoms. The Morgan fingerprint density at radius 1 is 1.39 bits per heavy atom. The Bertz CT molecular complexity index is 360. The normalized spacial score (nSPS) is 12.4. The minimum Gasteiger partial charge on any atom is -0.459 e. The number of nitrogens with zero attached hydrogens (tertiary/aromatic N) is 1. The van der Waals surface area contributed by atoms with Gasteiger partial charge in [0.05, 0.1) is 5.69 Å². The Labute approximate surface area is 109 Å². The Morgan fingerprint density at radius 3 is 2.78 bits per heavy atom. The Morgan fingerprint density at radius 2 is 2.17 bits per heavy atom. The molecule has 1 rings (SSSR count). The van der Waals surface area contributed by atoms with Crippen molar-refractivity contribution in [1.82, 2.24) is 5.16 Å². The maximum atomic E-state index is 12.0. The highest BCUT2D eigenvalue weighted by atomic mass is 16.5. The number of carbonyl (C=O) groups excluding carboxylic acids is 1. The SMILES string of the molecule is CCCCCC(CC)OC(=O)c1conc1CC. The molecule has 0 aliphatic heterocycles. The van der Waals surface area contributed by atoms with Crippen molar-refractivity contribution in [3.8, 4) is 0 Å². The first-order valence-corrected chi connectivity index (χ1v) is 6.87. The van der Waals surface area contributed by atoms with Crippen molar-refractivity contribution in [2.24, 2.45) is 0 Å². The molecule has 4 heteroatoms. The highest BCUT2D eigenvalue weighted by Crippen LogP contribution is 2.15. The summed E-state index contributed by atoms with van der Waals surface area (Å²) in [7, 11) is 0. The van der Waals surface area contributed by atoms with Crippen LogP contribution in [-0.2, 0) is 11.2 Å². The first-order chi connectivity index (χ1) is 8.72. The van der Waals surface area contributed by atoms with E-state index in [0.29, 0.717) is 17.7 Å². The molecule has 1 heterocycles. The number of unbranched alkanes of at least 4 members (excludes halogenated alkanes) is 2. The van der Waals surface area contributed by atoms with E-state index in [9.17, 15) is 4.79 Å². The number of hydrogen-bond donors (Lipinski definition) is 0. The molecule has 4 nitrogen and oxygen atoms in total. The minimum atomic E-state index is -0.309. The second-order valence-corrected chi connectivity index (χ2v) is 4.46. The molecule has 0 aliphatic rings. The van der Waals surface area contributed by atoms with Crippen molar-refractivity contribution in [2.45, 2.75) is 65.4 Å². The lowest BCUT2D eigenvalue weighted by Crippen LogP contribution is -2.18. The maximum Gasteiger partial charge on any atom is 0.343 e. The lowest BCUT2D eigenvalue weighted by Gasteiger charge is -2.15. The van der Waals surface area contributed by atoms with Crippen molar-refractivity contribution in [3.63, 3.8) is 0 Å². The second kappa shape index (κ2) is 7.90. The number of aromatic nitrogens is 1. The van der Waals surface area contributed by atoms with Crippen LogP contribution >= 0.6 is 0 Å². The third-order valence-electron chi connectivity index (χ3n) is 3.06. The van der Waals surface area contributed by atoms with Crippen LogP contribution in [0.2, 0.25) is 0 Å². The first-order valence-electron chi connectivity index (χ1n) is 6.87. The van der Waals surface area contributed by atoms with Crippen LogP contribution in [0.5, 0.6) is 0 Å². The minimum absolute atomic E-state index is 0.00339. The van der Waals surface area contributed by atoms with Crippen molar-refractivity contribution in [1.29, 1.82) is 0 Å². The zero-order valence-corrected chi connectivity index (χ0v) is 11.6. The fourth-order valence-electron chi connectivity index (χ4n) is 1.86. The molecule has 1 atom stereocenters. The van der Waals surface area contributed by atoms with Crippen LogP contribution in [-0.4, -0.2) is 17.2 Å². The van der Waals surface area contributed by atoms with Gasteiger partial charge in [0.15, 0.2) is 0 Å². The summed E-state index contributed by atoms with van der Waals surface area (Å²) in [6.07, 6.45) is 7.30. The van der Waals surface area contributed by atoms with E-state index in [1.54, 1.807) is 0 Å². The van der Waals surface area contributed by atoms with E-state index in [2.05, 4.69) is 12.1 Å². The van der Waals surface area contributed by atoms with Gasteiger partial charge in [0, 0.05) is 0 Å². The van der Waals surface area contributed by atoms with Gasteiger partial charge in [-0.1, -0.05) is 38.8 Å². The van der Waals surface area contributed by atoms with Gasteiger partial charge in [-0.2, -0.15) is 0 Å². The van der Waals surface area contributed by atoms with Gasteiger partial charge in [-0.15, -0.1) is 0 Å². The van der Waals surface area contributed by atoms with Crippen LogP contribution in [0, 0.1) is 0 Å². The quantitative estimate of drug-likeness (QED) is 0.523. The van der Waals surface area contributed by atoms with E-state index >= 15 is 0 Å². The lowest BCUT2D eigenvalue weighted by atomic mass is 10.1. The summed E-state index contributed by atoms with van der Waals surface area (Å²) in [5.74, 6) is -0.309. The Kier molecular flexibility index (Phi) is 6.47. The monoisotopic (exact) mass is 253 g/mol. The molecule has 0 saturated carbocycles. The summed E-state index contributed by atoms with van der Waals surface area (Å²) in [6.45, 7) is 6.14. The third-order valence-corrected chi connectivity index (χ3v) is 3.06. The lowest BCUT2D eigenvalue weighted by molar-refractivity contribution is 0.0265. The Balaban J connectivity index is 2.51. The number of esters is 1. The van der Waals surface area contributed by atoms with E-state index in [0.717, 1.165) is 19.3 Å². The first kappa shape index (κ1) is 14.7. The Hall–Kier alpha value is -1.32. The van der Waals surface area contributed by atoms with Gasteiger partial charge in [-0.05, 0) is 25.7 Å². The topological polar surface area (TPSA) is 52.3 Å². The molecule has 0 aromatic carbocycles. The molecule has 0 spiro atoms. The van der Waals surface area contributed by atoms with Crippen LogP contribution in [0.4, 0.5) is 0 Å². The molecule has 0 saturated heterocycles. The van der Waals surface area contributed by atoms with Gasteiger partial charge in [0.25, 0.3) is 0 Å². The molecule has 0 aliphatic carbocycles. The largest absolute Gasteiger partial charge is 0.459 e. The summed E-state index contributed by atoms with van der Waals surface area (Å²) in [4.78, 5) is 12.0. The van der Waals surface area contributed by atoms with Crippen molar-refractivity contribution in [2.75, 3.05) is 0 Å². The number of hydrogen-bond acceptors (Lipinski definition) is 4. The van der Waals surface area contributed by atoms with Crippen LogP contribution in [0.25, 0.3) is 0 Å². The van der Waals surface area contributed by atoms with Crippen LogP contribution in [0.15, 0.2) is 10.8 Å².